The number of nitrogens with zero attached hydrogens (tertiary/aromatic N) is 2. The topological polar surface area (TPSA) is 64.3 Å². The highest BCUT2D eigenvalue weighted by atomic mass is 16.5. The molecule has 1 aliphatic heterocycles. The lowest BCUT2D eigenvalue weighted by atomic mass is 10.1. The summed E-state index contributed by atoms with van der Waals surface area (Å²) < 4.78 is 7.32. The first-order valence-corrected chi connectivity index (χ1v) is 5.54. The maximum absolute atomic E-state index is 10.9. The molecule has 1 unspecified atom stereocenters. The fourth-order valence-corrected chi connectivity index (χ4v) is 1.98. The van der Waals surface area contributed by atoms with Gasteiger partial charge in [-0.05, 0) is 24.6 Å². The Morgan fingerprint density at radius 3 is 3.06 bits per heavy atom. The Hall–Kier alpha value is -1.88. The highest BCUT2D eigenvalue weighted by molar-refractivity contribution is 5.92. The van der Waals surface area contributed by atoms with Crippen LogP contribution in [0, 0.1) is 0 Å². The Morgan fingerprint density at radius 1 is 1.59 bits per heavy atom. The van der Waals surface area contributed by atoms with Crippen molar-refractivity contribution < 1.29 is 14.6 Å². The number of carboxylic acids is 1. The lowest BCUT2D eigenvalue weighted by molar-refractivity contribution is -0.0586. The first-order valence-electron chi connectivity index (χ1n) is 5.54. The molecular formula is C12H12N2O3. The third-order valence-electron chi connectivity index (χ3n) is 3.06. The van der Waals surface area contributed by atoms with Crippen LogP contribution in [0.3, 0.4) is 0 Å². The first kappa shape index (κ1) is 10.3. The molecule has 1 aromatic carbocycles. The number of benzene rings is 1. The summed E-state index contributed by atoms with van der Waals surface area (Å²) in [4.78, 5) is 15.2. The van der Waals surface area contributed by atoms with E-state index in [9.17, 15) is 4.79 Å². The van der Waals surface area contributed by atoms with Crippen molar-refractivity contribution in [2.75, 3.05) is 6.61 Å². The zero-order valence-corrected chi connectivity index (χ0v) is 9.17. The summed E-state index contributed by atoms with van der Waals surface area (Å²) in [7, 11) is 0. The van der Waals surface area contributed by atoms with E-state index in [0.29, 0.717) is 0 Å². The SMILES string of the molecule is O=C(O)c1ccc2ncn(CC3CCO3)c2c1. The molecule has 5 heteroatoms. The molecule has 0 saturated carbocycles. The number of aromatic nitrogens is 2. The van der Waals surface area contributed by atoms with E-state index in [0.717, 1.165) is 30.6 Å². The predicted octanol–water partition coefficient (Wildman–Crippen LogP) is 1.52. The normalized spacial score (nSPS) is 19.2. The number of rotatable bonds is 3. The second-order valence-electron chi connectivity index (χ2n) is 4.19. The number of aromatic carboxylic acids is 1. The maximum atomic E-state index is 10.9. The first-order chi connectivity index (χ1) is 8.24. The van der Waals surface area contributed by atoms with Crippen LogP contribution >= 0.6 is 0 Å². The van der Waals surface area contributed by atoms with E-state index in [1.807, 2.05) is 4.57 Å². The van der Waals surface area contributed by atoms with E-state index in [2.05, 4.69) is 4.98 Å². The number of hydrogen-bond donors (Lipinski definition) is 1. The minimum atomic E-state index is -0.917. The number of imidazole rings is 1. The molecule has 2 aromatic rings. The van der Waals surface area contributed by atoms with Gasteiger partial charge in [-0.15, -0.1) is 0 Å². The van der Waals surface area contributed by atoms with Gasteiger partial charge in [0.1, 0.15) is 0 Å². The summed E-state index contributed by atoms with van der Waals surface area (Å²) in [6.07, 6.45) is 3.02. The Bertz CT molecular complexity index is 572. The second-order valence-corrected chi connectivity index (χ2v) is 4.19. The third kappa shape index (κ3) is 1.78. The summed E-state index contributed by atoms with van der Waals surface area (Å²) in [6.45, 7) is 1.55. The summed E-state index contributed by atoms with van der Waals surface area (Å²) >= 11 is 0. The lowest BCUT2D eigenvalue weighted by Gasteiger charge is -2.26. The molecule has 0 aliphatic carbocycles. The van der Waals surface area contributed by atoms with E-state index in [1.54, 1.807) is 24.5 Å². The quantitative estimate of drug-likeness (QED) is 0.871. The van der Waals surface area contributed by atoms with Crippen molar-refractivity contribution in [3.05, 3.63) is 30.1 Å². The zero-order chi connectivity index (χ0) is 11.8. The smallest absolute Gasteiger partial charge is 0.335 e. The van der Waals surface area contributed by atoms with Crippen LogP contribution in [0.4, 0.5) is 0 Å². The van der Waals surface area contributed by atoms with Gasteiger partial charge in [0.05, 0.1) is 35.6 Å². The van der Waals surface area contributed by atoms with Crippen LogP contribution in [0.1, 0.15) is 16.8 Å². The summed E-state index contributed by atoms with van der Waals surface area (Å²) in [5.41, 5.74) is 1.95. The van der Waals surface area contributed by atoms with Gasteiger partial charge >= 0.3 is 5.97 Å². The van der Waals surface area contributed by atoms with Gasteiger partial charge in [-0.25, -0.2) is 9.78 Å². The van der Waals surface area contributed by atoms with E-state index < -0.39 is 5.97 Å². The fourth-order valence-electron chi connectivity index (χ4n) is 1.98. The number of ether oxygens (including phenoxy) is 1. The van der Waals surface area contributed by atoms with Crippen molar-refractivity contribution in [1.29, 1.82) is 0 Å². The maximum Gasteiger partial charge on any atom is 0.335 e. The predicted molar refractivity (Wildman–Crippen MR) is 61.0 cm³/mol. The van der Waals surface area contributed by atoms with Gasteiger partial charge in [-0.3, -0.25) is 0 Å². The Balaban J connectivity index is 1.99. The van der Waals surface area contributed by atoms with Crippen LogP contribution in [0.15, 0.2) is 24.5 Å². The van der Waals surface area contributed by atoms with Crippen molar-refractivity contribution in [2.24, 2.45) is 0 Å². The molecule has 17 heavy (non-hydrogen) atoms. The molecule has 5 nitrogen and oxygen atoms in total. The molecule has 1 N–H and O–H groups in total. The average molecular weight is 232 g/mol. The summed E-state index contributed by atoms with van der Waals surface area (Å²) in [5, 5.41) is 8.96. The van der Waals surface area contributed by atoms with Crippen molar-refractivity contribution in [1.82, 2.24) is 9.55 Å². The zero-order valence-electron chi connectivity index (χ0n) is 9.17. The third-order valence-corrected chi connectivity index (χ3v) is 3.06. The molecule has 1 atom stereocenters. The molecule has 0 spiro atoms. The molecule has 0 radical (unpaired) electrons. The van der Waals surface area contributed by atoms with Crippen LogP contribution in [-0.2, 0) is 11.3 Å². The van der Waals surface area contributed by atoms with Crippen molar-refractivity contribution >= 4 is 17.0 Å². The highest BCUT2D eigenvalue weighted by Crippen LogP contribution is 2.19. The van der Waals surface area contributed by atoms with E-state index in [-0.39, 0.29) is 11.7 Å². The van der Waals surface area contributed by atoms with E-state index >= 15 is 0 Å². The molecule has 0 amide bonds. The number of hydrogen-bond acceptors (Lipinski definition) is 3. The standard InChI is InChI=1S/C12H12N2O3/c15-12(16)8-1-2-10-11(5-8)14(7-13-10)6-9-3-4-17-9/h1-2,5,7,9H,3-4,6H2,(H,15,16). The van der Waals surface area contributed by atoms with Gasteiger partial charge in [0.2, 0.25) is 0 Å². The molecule has 0 bridgehead atoms. The van der Waals surface area contributed by atoms with Crippen LogP contribution in [-0.4, -0.2) is 33.3 Å². The van der Waals surface area contributed by atoms with Gasteiger partial charge in [-0.1, -0.05) is 0 Å². The van der Waals surface area contributed by atoms with Crippen molar-refractivity contribution in [3.8, 4) is 0 Å². The minimum Gasteiger partial charge on any atom is -0.478 e. The lowest BCUT2D eigenvalue weighted by Crippen LogP contribution is -2.30. The second kappa shape index (κ2) is 3.85. The van der Waals surface area contributed by atoms with Crippen LogP contribution in [0.5, 0.6) is 0 Å². The molecular weight excluding hydrogens is 220 g/mol. The molecule has 88 valence electrons. The molecule has 2 heterocycles. The highest BCUT2D eigenvalue weighted by Gasteiger charge is 2.19. The van der Waals surface area contributed by atoms with Gasteiger partial charge in [0, 0.05) is 6.61 Å². The van der Waals surface area contributed by atoms with Gasteiger partial charge in [0.15, 0.2) is 0 Å². The van der Waals surface area contributed by atoms with Crippen LogP contribution in [0.25, 0.3) is 11.0 Å². The molecule has 1 aromatic heterocycles. The van der Waals surface area contributed by atoms with Crippen LogP contribution in [0.2, 0.25) is 0 Å². The Kier molecular flexibility index (Phi) is 2.33. The number of carbonyl (C=O) groups is 1. The molecule has 1 saturated heterocycles. The molecule has 3 rings (SSSR count). The van der Waals surface area contributed by atoms with Gasteiger partial charge in [-0.2, -0.15) is 0 Å². The Morgan fingerprint density at radius 2 is 2.41 bits per heavy atom. The number of fused-ring (bicyclic) bond motifs is 1. The van der Waals surface area contributed by atoms with Crippen molar-refractivity contribution in [3.63, 3.8) is 0 Å². The largest absolute Gasteiger partial charge is 0.478 e. The van der Waals surface area contributed by atoms with Gasteiger partial charge in [0.25, 0.3) is 0 Å². The minimum absolute atomic E-state index is 0.237. The average Bonchev–Trinajstić information content (AvgIpc) is 2.65. The summed E-state index contributed by atoms with van der Waals surface area (Å²) in [5.74, 6) is -0.917. The van der Waals surface area contributed by atoms with E-state index in [4.69, 9.17) is 9.84 Å². The summed E-state index contributed by atoms with van der Waals surface area (Å²) in [6, 6.07) is 4.96. The molecule has 1 aliphatic rings. The number of carboxylic acid groups (broad SMARTS) is 1. The Labute approximate surface area is 97.6 Å². The van der Waals surface area contributed by atoms with Crippen molar-refractivity contribution in [2.45, 2.75) is 19.1 Å². The fraction of sp³-hybridized carbons (Fsp3) is 0.333. The van der Waals surface area contributed by atoms with Gasteiger partial charge < -0.3 is 14.4 Å². The van der Waals surface area contributed by atoms with Crippen LogP contribution < -0.4 is 0 Å². The van der Waals surface area contributed by atoms with E-state index in [1.165, 1.54) is 0 Å². The molecule has 1 fully saturated rings. The monoisotopic (exact) mass is 232 g/mol.